The van der Waals surface area contributed by atoms with Gasteiger partial charge in [0.25, 0.3) is 0 Å². The topological polar surface area (TPSA) is 62.7 Å². The molecule has 1 aliphatic rings. The summed E-state index contributed by atoms with van der Waals surface area (Å²) in [5.74, 6) is -0.497. The van der Waals surface area contributed by atoms with E-state index in [-0.39, 0.29) is 5.92 Å². The highest BCUT2D eigenvalue weighted by Gasteiger charge is 2.30. The SMILES string of the molecule is COC(=O)C(O)C1CCN(Cc2cnc(C)s2)CC1. The first-order valence-corrected chi connectivity index (χ1v) is 7.31. The third kappa shape index (κ3) is 3.75. The third-order valence-electron chi connectivity index (χ3n) is 3.57. The van der Waals surface area contributed by atoms with Crippen LogP contribution in [0, 0.1) is 12.8 Å². The number of hydrogen-bond acceptors (Lipinski definition) is 6. The van der Waals surface area contributed by atoms with Gasteiger partial charge in [0.05, 0.1) is 12.1 Å². The van der Waals surface area contributed by atoms with Gasteiger partial charge in [-0.25, -0.2) is 9.78 Å². The Balaban J connectivity index is 1.80. The van der Waals surface area contributed by atoms with Crippen LogP contribution in [0.4, 0.5) is 0 Å². The molecule has 1 N–H and O–H groups in total. The summed E-state index contributed by atoms with van der Waals surface area (Å²) in [6.07, 6.45) is 2.61. The zero-order chi connectivity index (χ0) is 13.8. The van der Waals surface area contributed by atoms with Crippen molar-refractivity contribution in [1.29, 1.82) is 0 Å². The molecule has 0 saturated carbocycles. The Morgan fingerprint density at radius 2 is 2.32 bits per heavy atom. The Labute approximate surface area is 117 Å². The molecule has 1 aromatic rings. The summed E-state index contributed by atoms with van der Waals surface area (Å²) in [4.78, 5) is 19.2. The van der Waals surface area contributed by atoms with Crippen molar-refractivity contribution in [2.45, 2.75) is 32.4 Å². The second-order valence-corrected chi connectivity index (χ2v) is 6.25. The molecule has 1 unspecified atom stereocenters. The summed E-state index contributed by atoms with van der Waals surface area (Å²) in [6, 6.07) is 0. The smallest absolute Gasteiger partial charge is 0.334 e. The summed E-state index contributed by atoms with van der Waals surface area (Å²) in [5.41, 5.74) is 0. The van der Waals surface area contributed by atoms with Gasteiger partial charge in [0.1, 0.15) is 0 Å². The Hall–Kier alpha value is -0.980. The van der Waals surface area contributed by atoms with E-state index in [4.69, 9.17) is 0 Å². The molecule has 2 rings (SSSR count). The van der Waals surface area contributed by atoms with Crippen LogP contribution in [0.15, 0.2) is 6.20 Å². The average Bonchev–Trinajstić information content (AvgIpc) is 2.83. The Kier molecular flexibility index (Phi) is 4.90. The van der Waals surface area contributed by atoms with Gasteiger partial charge >= 0.3 is 5.97 Å². The van der Waals surface area contributed by atoms with Crippen molar-refractivity contribution in [1.82, 2.24) is 9.88 Å². The largest absolute Gasteiger partial charge is 0.467 e. The van der Waals surface area contributed by atoms with Crippen LogP contribution < -0.4 is 0 Å². The predicted molar refractivity (Wildman–Crippen MR) is 72.9 cm³/mol. The maximum absolute atomic E-state index is 11.3. The van der Waals surface area contributed by atoms with Crippen molar-refractivity contribution >= 4 is 17.3 Å². The highest BCUT2D eigenvalue weighted by atomic mass is 32.1. The molecule has 106 valence electrons. The summed E-state index contributed by atoms with van der Waals surface area (Å²) in [6.45, 7) is 4.71. The van der Waals surface area contributed by atoms with Crippen LogP contribution in [-0.4, -0.2) is 47.3 Å². The summed E-state index contributed by atoms with van der Waals surface area (Å²) in [7, 11) is 1.31. The van der Waals surface area contributed by atoms with E-state index in [1.165, 1.54) is 12.0 Å². The maximum Gasteiger partial charge on any atom is 0.334 e. The highest BCUT2D eigenvalue weighted by Crippen LogP contribution is 2.23. The molecule has 0 radical (unpaired) electrons. The number of nitrogens with zero attached hydrogens (tertiary/aromatic N) is 2. The summed E-state index contributed by atoms with van der Waals surface area (Å²) >= 11 is 1.72. The number of methoxy groups -OCH3 is 1. The Bertz CT molecular complexity index is 427. The molecule has 0 aliphatic carbocycles. The van der Waals surface area contributed by atoms with Crippen LogP contribution in [0.25, 0.3) is 0 Å². The zero-order valence-corrected chi connectivity index (χ0v) is 12.2. The number of rotatable bonds is 4. The number of ether oxygens (including phenoxy) is 1. The molecule has 1 aromatic heterocycles. The van der Waals surface area contributed by atoms with E-state index >= 15 is 0 Å². The molecule has 1 saturated heterocycles. The average molecular weight is 284 g/mol. The Morgan fingerprint density at radius 1 is 1.63 bits per heavy atom. The number of esters is 1. The van der Waals surface area contributed by atoms with E-state index in [2.05, 4.69) is 14.6 Å². The van der Waals surface area contributed by atoms with Gasteiger partial charge in [0, 0.05) is 17.6 Å². The lowest BCUT2D eigenvalue weighted by Crippen LogP contribution is -2.40. The van der Waals surface area contributed by atoms with Gasteiger partial charge in [-0.05, 0) is 38.8 Å². The van der Waals surface area contributed by atoms with Crippen molar-refractivity contribution in [3.63, 3.8) is 0 Å². The molecular weight excluding hydrogens is 264 g/mol. The van der Waals surface area contributed by atoms with E-state index in [1.54, 1.807) is 11.3 Å². The molecule has 1 fully saturated rings. The van der Waals surface area contributed by atoms with Gasteiger partial charge in [0.2, 0.25) is 0 Å². The van der Waals surface area contributed by atoms with Gasteiger partial charge in [-0.2, -0.15) is 0 Å². The second-order valence-electron chi connectivity index (χ2n) is 4.93. The third-order valence-corrected chi connectivity index (χ3v) is 4.47. The van der Waals surface area contributed by atoms with Crippen LogP contribution in [0.1, 0.15) is 22.7 Å². The van der Waals surface area contributed by atoms with E-state index in [0.29, 0.717) is 0 Å². The van der Waals surface area contributed by atoms with Crippen molar-refractivity contribution in [2.24, 2.45) is 5.92 Å². The highest BCUT2D eigenvalue weighted by molar-refractivity contribution is 7.11. The van der Waals surface area contributed by atoms with Gasteiger partial charge in [0.15, 0.2) is 6.10 Å². The molecule has 0 aromatic carbocycles. The second kappa shape index (κ2) is 6.45. The fraction of sp³-hybridized carbons (Fsp3) is 0.692. The summed E-state index contributed by atoms with van der Waals surface area (Å²) in [5, 5.41) is 10.9. The number of aliphatic hydroxyl groups excluding tert-OH is 1. The maximum atomic E-state index is 11.3. The molecule has 0 bridgehead atoms. The minimum atomic E-state index is -0.974. The fourth-order valence-corrected chi connectivity index (χ4v) is 3.28. The van der Waals surface area contributed by atoms with E-state index in [0.717, 1.165) is 37.5 Å². The molecule has 1 aliphatic heterocycles. The van der Waals surface area contributed by atoms with E-state index < -0.39 is 12.1 Å². The molecular formula is C13H20N2O3S. The first-order chi connectivity index (χ1) is 9.10. The number of carbonyl (C=O) groups excluding carboxylic acids is 1. The number of aryl methyl sites for hydroxylation is 1. The van der Waals surface area contributed by atoms with Crippen molar-refractivity contribution in [3.05, 3.63) is 16.1 Å². The van der Waals surface area contributed by atoms with Crippen LogP contribution in [-0.2, 0) is 16.1 Å². The van der Waals surface area contributed by atoms with Crippen molar-refractivity contribution in [3.8, 4) is 0 Å². The number of aliphatic hydroxyl groups is 1. The number of hydrogen-bond donors (Lipinski definition) is 1. The minimum Gasteiger partial charge on any atom is -0.467 e. The quantitative estimate of drug-likeness (QED) is 0.842. The predicted octanol–water partition coefficient (Wildman–Crippen LogP) is 1.20. The molecule has 0 amide bonds. The van der Waals surface area contributed by atoms with Crippen molar-refractivity contribution in [2.75, 3.05) is 20.2 Å². The lowest BCUT2D eigenvalue weighted by atomic mass is 9.91. The Morgan fingerprint density at radius 3 is 2.84 bits per heavy atom. The molecule has 0 spiro atoms. The standard InChI is InChI=1S/C13H20N2O3S/c1-9-14-7-11(19-9)8-15-5-3-10(4-6-15)12(16)13(17)18-2/h7,10,12,16H,3-6,8H2,1-2H3. The van der Waals surface area contributed by atoms with Gasteiger partial charge in [-0.3, -0.25) is 4.90 Å². The van der Waals surface area contributed by atoms with Crippen LogP contribution in [0.3, 0.4) is 0 Å². The monoisotopic (exact) mass is 284 g/mol. The number of aromatic nitrogens is 1. The lowest BCUT2D eigenvalue weighted by molar-refractivity contribution is -0.154. The van der Waals surface area contributed by atoms with Gasteiger partial charge < -0.3 is 9.84 Å². The normalized spacial score (nSPS) is 19.3. The molecule has 2 heterocycles. The number of thiazole rings is 1. The molecule has 1 atom stereocenters. The fourth-order valence-electron chi connectivity index (χ4n) is 2.44. The van der Waals surface area contributed by atoms with Crippen molar-refractivity contribution < 1.29 is 14.6 Å². The summed E-state index contributed by atoms with van der Waals surface area (Å²) < 4.78 is 4.58. The molecule has 19 heavy (non-hydrogen) atoms. The van der Waals surface area contributed by atoms with E-state index in [9.17, 15) is 9.90 Å². The number of carbonyl (C=O) groups is 1. The lowest BCUT2D eigenvalue weighted by Gasteiger charge is -2.32. The van der Waals surface area contributed by atoms with Crippen LogP contribution >= 0.6 is 11.3 Å². The zero-order valence-electron chi connectivity index (χ0n) is 11.3. The van der Waals surface area contributed by atoms with Crippen LogP contribution in [0.2, 0.25) is 0 Å². The first-order valence-electron chi connectivity index (χ1n) is 6.49. The number of piperidine rings is 1. The first kappa shape index (κ1) is 14.4. The number of likely N-dealkylation sites (tertiary alicyclic amines) is 1. The van der Waals surface area contributed by atoms with Gasteiger partial charge in [-0.15, -0.1) is 11.3 Å². The van der Waals surface area contributed by atoms with E-state index in [1.807, 2.05) is 13.1 Å². The van der Waals surface area contributed by atoms with Gasteiger partial charge in [-0.1, -0.05) is 0 Å². The molecule has 5 nitrogen and oxygen atoms in total. The van der Waals surface area contributed by atoms with Crippen LogP contribution in [0.5, 0.6) is 0 Å². The minimum absolute atomic E-state index is 0.0203. The molecule has 6 heteroatoms.